The van der Waals surface area contributed by atoms with E-state index in [4.69, 9.17) is 0 Å². The molecule has 2 aromatic rings. The molecular weight excluding hydrogens is 292 g/mol. The third kappa shape index (κ3) is 3.04. The molecule has 23 heavy (non-hydrogen) atoms. The van der Waals surface area contributed by atoms with Crippen LogP contribution in [0.1, 0.15) is 43.5 Å². The summed E-state index contributed by atoms with van der Waals surface area (Å²) in [6, 6.07) is 7.84. The quantitative estimate of drug-likeness (QED) is 0.908. The van der Waals surface area contributed by atoms with E-state index in [2.05, 4.69) is 26.2 Å². The number of tetrazole rings is 1. The number of carbonyl (C=O) groups is 1. The molecule has 0 aliphatic heterocycles. The molecule has 1 heterocycles. The fourth-order valence-corrected chi connectivity index (χ4v) is 3.19. The molecule has 1 saturated carbocycles. The summed E-state index contributed by atoms with van der Waals surface area (Å²) in [5.41, 5.74) is 1.56. The first-order chi connectivity index (χ1) is 11.1. The number of nitrogens with one attached hydrogen (secondary N) is 2. The number of amides is 2. The van der Waals surface area contributed by atoms with Gasteiger partial charge < -0.3 is 10.6 Å². The molecule has 1 aliphatic carbocycles. The van der Waals surface area contributed by atoms with Crippen molar-refractivity contribution in [2.45, 2.75) is 44.6 Å². The molecule has 3 rings (SSSR count). The van der Waals surface area contributed by atoms with E-state index in [0.717, 1.165) is 31.4 Å². The average molecular weight is 314 g/mol. The Bertz CT molecular complexity index is 672. The Kier molecular flexibility index (Phi) is 4.27. The summed E-state index contributed by atoms with van der Waals surface area (Å²) >= 11 is 0. The second kappa shape index (κ2) is 6.36. The van der Waals surface area contributed by atoms with Gasteiger partial charge in [0, 0.05) is 7.05 Å². The van der Waals surface area contributed by atoms with Crippen molar-refractivity contribution in [3.05, 3.63) is 35.7 Å². The molecule has 122 valence electrons. The third-order valence-corrected chi connectivity index (χ3v) is 4.46. The van der Waals surface area contributed by atoms with Crippen LogP contribution in [-0.2, 0) is 5.54 Å². The zero-order valence-electron chi connectivity index (χ0n) is 13.5. The number of aromatic nitrogens is 4. The van der Waals surface area contributed by atoms with Crippen LogP contribution in [0.5, 0.6) is 0 Å². The zero-order valence-corrected chi connectivity index (χ0v) is 13.5. The van der Waals surface area contributed by atoms with E-state index in [0.29, 0.717) is 5.82 Å². The molecule has 2 N–H and O–H groups in total. The van der Waals surface area contributed by atoms with Crippen LogP contribution in [0.3, 0.4) is 0 Å². The van der Waals surface area contributed by atoms with E-state index in [9.17, 15) is 4.79 Å². The Morgan fingerprint density at radius 3 is 2.52 bits per heavy atom. The molecule has 1 fully saturated rings. The summed E-state index contributed by atoms with van der Waals surface area (Å²) in [5, 5.41) is 18.0. The number of nitrogens with zero attached hydrogens (tertiary/aromatic N) is 4. The molecule has 1 aliphatic rings. The number of benzene rings is 1. The maximum atomic E-state index is 12.0. The third-order valence-electron chi connectivity index (χ3n) is 4.46. The first-order valence-corrected chi connectivity index (χ1v) is 8.00. The van der Waals surface area contributed by atoms with E-state index in [1.807, 2.05) is 31.2 Å². The molecule has 7 heteroatoms. The first-order valence-electron chi connectivity index (χ1n) is 8.00. The Labute approximate surface area is 135 Å². The van der Waals surface area contributed by atoms with Gasteiger partial charge in [-0.2, -0.15) is 4.68 Å². The number of urea groups is 1. The van der Waals surface area contributed by atoms with Crippen molar-refractivity contribution in [2.75, 3.05) is 7.05 Å². The monoisotopic (exact) mass is 314 g/mol. The molecule has 0 atom stereocenters. The fraction of sp³-hybridized carbons (Fsp3) is 0.500. The van der Waals surface area contributed by atoms with Crippen molar-refractivity contribution in [2.24, 2.45) is 0 Å². The van der Waals surface area contributed by atoms with Gasteiger partial charge >= 0.3 is 6.03 Å². The highest BCUT2D eigenvalue weighted by Crippen LogP contribution is 2.36. The van der Waals surface area contributed by atoms with Gasteiger partial charge in [0.2, 0.25) is 0 Å². The number of rotatable bonds is 3. The molecule has 0 spiro atoms. The summed E-state index contributed by atoms with van der Waals surface area (Å²) in [5.74, 6) is 0.699. The van der Waals surface area contributed by atoms with Gasteiger partial charge in [-0.1, -0.05) is 37.0 Å². The van der Waals surface area contributed by atoms with Crippen LogP contribution >= 0.6 is 0 Å². The zero-order chi connectivity index (χ0) is 16.3. The lowest BCUT2D eigenvalue weighted by atomic mass is 9.81. The number of aryl methyl sites for hydroxylation is 1. The van der Waals surface area contributed by atoms with Crippen LogP contribution in [0.2, 0.25) is 0 Å². The average Bonchev–Trinajstić information content (AvgIpc) is 3.06. The van der Waals surface area contributed by atoms with Crippen LogP contribution in [0.25, 0.3) is 5.69 Å². The predicted molar refractivity (Wildman–Crippen MR) is 86.2 cm³/mol. The van der Waals surface area contributed by atoms with Gasteiger partial charge in [-0.05, 0) is 42.3 Å². The Balaban J connectivity index is 2.02. The van der Waals surface area contributed by atoms with Gasteiger partial charge in [-0.3, -0.25) is 0 Å². The summed E-state index contributed by atoms with van der Waals surface area (Å²) in [7, 11) is 1.62. The van der Waals surface area contributed by atoms with Crippen LogP contribution in [0.4, 0.5) is 4.79 Å². The number of hydrogen-bond acceptors (Lipinski definition) is 4. The second-order valence-electron chi connectivity index (χ2n) is 6.10. The second-order valence-corrected chi connectivity index (χ2v) is 6.10. The summed E-state index contributed by atoms with van der Waals surface area (Å²) in [6.45, 7) is 2.04. The Hall–Kier alpha value is -2.44. The van der Waals surface area contributed by atoms with Crippen molar-refractivity contribution in [1.29, 1.82) is 0 Å². The van der Waals surface area contributed by atoms with Gasteiger partial charge in [0.05, 0.1) is 5.69 Å². The summed E-state index contributed by atoms with van der Waals surface area (Å²) < 4.78 is 1.74. The van der Waals surface area contributed by atoms with Crippen molar-refractivity contribution in [3.63, 3.8) is 0 Å². The van der Waals surface area contributed by atoms with E-state index in [1.54, 1.807) is 11.7 Å². The maximum Gasteiger partial charge on any atom is 0.315 e. The molecule has 0 radical (unpaired) electrons. The minimum absolute atomic E-state index is 0.203. The normalized spacial score (nSPS) is 16.8. The van der Waals surface area contributed by atoms with Crippen molar-refractivity contribution in [3.8, 4) is 5.69 Å². The molecule has 1 aromatic carbocycles. The van der Waals surface area contributed by atoms with Crippen LogP contribution in [0.15, 0.2) is 24.3 Å². The lowest BCUT2D eigenvalue weighted by molar-refractivity contribution is 0.196. The largest absolute Gasteiger partial charge is 0.341 e. The molecule has 2 amide bonds. The number of hydrogen-bond donors (Lipinski definition) is 2. The Morgan fingerprint density at radius 1 is 1.17 bits per heavy atom. The van der Waals surface area contributed by atoms with E-state index in [-0.39, 0.29) is 6.03 Å². The minimum atomic E-state index is -0.521. The van der Waals surface area contributed by atoms with Gasteiger partial charge in [0.1, 0.15) is 5.54 Å². The van der Waals surface area contributed by atoms with E-state index < -0.39 is 5.54 Å². The molecule has 7 nitrogen and oxygen atoms in total. The van der Waals surface area contributed by atoms with Crippen molar-refractivity contribution >= 4 is 6.03 Å². The highest BCUT2D eigenvalue weighted by Gasteiger charge is 2.40. The molecule has 0 saturated heterocycles. The minimum Gasteiger partial charge on any atom is -0.341 e. The van der Waals surface area contributed by atoms with Gasteiger partial charge in [-0.15, -0.1) is 5.10 Å². The number of carbonyl (C=O) groups excluding carboxylic acids is 1. The Morgan fingerprint density at radius 2 is 1.87 bits per heavy atom. The smallest absolute Gasteiger partial charge is 0.315 e. The molecule has 1 aromatic heterocycles. The summed E-state index contributed by atoms with van der Waals surface area (Å²) in [6.07, 6.45) is 4.94. The topological polar surface area (TPSA) is 84.7 Å². The van der Waals surface area contributed by atoms with Crippen LogP contribution < -0.4 is 10.6 Å². The van der Waals surface area contributed by atoms with E-state index in [1.165, 1.54) is 12.0 Å². The van der Waals surface area contributed by atoms with E-state index >= 15 is 0 Å². The van der Waals surface area contributed by atoms with Crippen molar-refractivity contribution in [1.82, 2.24) is 30.8 Å². The highest BCUT2D eigenvalue weighted by atomic mass is 16.2. The standard InChI is InChI=1S/C16H22N6O/c1-12-6-8-13(9-7-12)22-14(19-20-21-22)16(18-15(23)17-2)10-4-3-5-11-16/h6-9H,3-5,10-11H2,1-2H3,(H2,17,18,23). The van der Waals surface area contributed by atoms with Gasteiger partial charge in [-0.25, -0.2) is 4.79 Å². The molecular formula is C16H22N6O. The lowest BCUT2D eigenvalue weighted by Crippen LogP contribution is -2.51. The van der Waals surface area contributed by atoms with Gasteiger partial charge in [0.25, 0.3) is 0 Å². The lowest BCUT2D eigenvalue weighted by Gasteiger charge is -2.36. The SMILES string of the molecule is CNC(=O)NC1(c2nnnn2-c2ccc(C)cc2)CCCCC1. The fourth-order valence-electron chi connectivity index (χ4n) is 3.19. The predicted octanol–water partition coefficient (Wildman–Crippen LogP) is 2.06. The molecule has 0 unspecified atom stereocenters. The highest BCUT2D eigenvalue weighted by molar-refractivity contribution is 5.74. The molecule has 0 bridgehead atoms. The maximum absolute atomic E-state index is 12.0. The van der Waals surface area contributed by atoms with Crippen LogP contribution in [-0.4, -0.2) is 33.3 Å². The van der Waals surface area contributed by atoms with Gasteiger partial charge in [0.15, 0.2) is 5.82 Å². The summed E-state index contributed by atoms with van der Waals surface area (Å²) in [4.78, 5) is 12.0. The van der Waals surface area contributed by atoms with Crippen LogP contribution in [0, 0.1) is 6.92 Å². The van der Waals surface area contributed by atoms with Crippen molar-refractivity contribution < 1.29 is 4.79 Å². The first kappa shape index (κ1) is 15.5.